The Morgan fingerprint density at radius 2 is 1.71 bits per heavy atom. The van der Waals surface area contributed by atoms with E-state index in [1.807, 2.05) is 49.7 Å². The second-order valence-electron chi connectivity index (χ2n) is 8.46. The molecule has 0 bridgehead atoms. The third kappa shape index (κ3) is 4.42. The Kier molecular flexibility index (Phi) is 5.22. The van der Waals surface area contributed by atoms with Crippen LogP contribution in [-0.4, -0.2) is 44.3 Å². The molecular weight excluding hydrogens is 396 g/mol. The van der Waals surface area contributed by atoms with Gasteiger partial charge in [0.25, 0.3) is 11.8 Å². The molecule has 1 aromatic carbocycles. The third-order valence-electron chi connectivity index (χ3n) is 4.84. The SMILES string of the molecule is CC(C)(C)OC(=O)NCCc1ccc2nc(CN3C(=O)c4ccccc4C3=O)cn2c1. The summed E-state index contributed by atoms with van der Waals surface area (Å²) in [7, 11) is 0. The lowest BCUT2D eigenvalue weighted by molar-refractivity contribution is 0.0527. The van der Waals surface area contributed by atoms with Crippen LogP contribution in [0.4, 0.5) is 4.79 Å². The van der Waals surface area contributed by atoms with Crippen LogP contribution in [0.2, 0.25) is 0 Å². The molecule has 1 N–H and O–H groups in total. The first-order chi connectivity index (χ1) is 14.7. The molecule has 0 saturated carbocycles. The van der Waals surface area contributed by atoms with E-state index in [-0.39, 0.29) is 18.4 Å². The highest BCUT2D eigenvalue weighted by molar-refractivity contribution is 6.21. The molecule has 0 fully saturated rings. The van der Waals surface area contributed by atoms with Crippen molar-refractivity contribution < 1.29 is 19.1 Å². The quantitative estimate of drug-likeness (QED) is 0.640. The number of ether oxygens (including phenoxy) is 1. The topological polar surface area (TPSA) is 93.0 Å². The summed E-state index contributed by atoms with van der Waals surface area (Å²) < 4.78 is 7.09. The van der Waals surface area contributed by atoms with Crippen LogP contribution in [-0.2, 0) is 17.7 Å². The summed E-state index contributed by atoms with van der Waals surface area (Å²) in [5.41, 5.74) is 2.67. The maximum atomic E-state index is 12.6. The zero-order valence-corrected chi connectivity index (χ0v) is 17.7. The van der Waals surface area contributed by atoms with Crippen LogP contribution in [0.15, 0.2) is 48.8 Å². The van der Waals surface area contributed by atoms with Gasteiger partial charge in [0.2, 0.25) is 0 Å². The number of fused-ring (bicyclic) bond motifs is 2. The van der Waals surface area contributed by atoms with Crippen molar-refractivity contribution in [2.45, 2.75) is 39.3 Å². The smallest absolute Gasteiger partial charge is 0.407 e. The normalized spacial score (nSPS) is 13.6. The maximum Gasteiger partial charge on any atom is 0.407 e. The van der Waals surface area contributed by atoms with Gasteiger partial charge in [-0.1, -0.05) is 18.2 Å². The molecule has 0 spiro atoms. The summed E-state index contributed by atoms with van der Waals surface area (Å²) in [4.78, 5) is 42.6. The van der Waals surface area contributed by atoms with Crippen LogP contribution >= 0.6 is 0 Å². The van der Waals surface area contributed by atoms with Gasteiger partial charge < -0.3 is 14.5 Å². The zero-order valence-electron chi connectivity index (χ0n) is 17.7. The third-order valence-corrected chi connectivity index (χ3v) is 4.84. The second kappa shape index (κ2) is 7.86. The fourth-order valence-electron chi connectivity index (χ4n) is 3.48. The van der Waals surface area contributed by atoms with E-state index < -0.39 is 11.7 Å². The molecule has 3 heterocycles. The number of pyridine rings is 1. The number of nitrogens with zero attached hydrogens (tertiary/aromatic N) is 3. The molecule has 2 aromatic heterocycles. The largest absolute Gasteiger partial charge is 0.444 e. The van der Waals surface area contributed by atoms with Crippen molar-refractivity contribution in [2.75, 3.05) is 6.54 Å². The number of carbonyl (C=O) groups is 3. The van der Waals surface area contributed by atoms with Crippen LogP contribution in [0.1, 0.15) is 52.7 Å². The van der Waals surface area contributed by atoms with Gasteiger partial charge in [-0.15, -0.1) is 0 Å². The molecule has 0 atom stereocenters. The molecule has 3 aromatic rings. The molecule has 1 aliphatic rings. The van der Waals surface area contributed by atoms with Gasteiger partial charge in [0.05, 0.1) is 23.4 Å². The van der Waals surface area contributed by atoms with Crippen molar-refractivity contribution >= 4 is 23.6 Å². The minimum atomic E-state index is -0.532. The highest BCUT2D eigenvalue weighted by Crippen LogP contribution is 2.24. The number of rotatable bonds is 5. The highest BCUT2D eigenvalue weighted by Gasteiger charge is 2.35. The predicted octanol–water partition coefficient (Wildman–Crippen LogP) is 3.20. The molecule has 8 nitrogen and oxygen atoms in total. The van der Waals surface area contributed by atoms with Crippen molar-refractivity contribution in [3.63, 3.8) is 0 Å². The summed E-state index contributed by atoms with van der Waals surface area (Å²) in [6, 6.07) is 10.6. The van der Waals surface area contributed by atoms with Gasteiger partial charge in [0.15, 0.2) is 0 Å². The monoisotopic (exact) mass is 420 g/mol. The molecule has 8 heteroatoms. The van der Waals surface area contributed by atoms with Gasteiger partial charge in [-0.2, -0.15) is 0 Å². The Bertz CT molecular complexity index is 1140. The first kappa shape index (κ1) is 20.6. The van der Waals surface area contributed by atoms with E-state index in [2.05, 4.69) is 10.3 Å². The lowest BCUT2D eigenvalue weighted by Crippen LogP contribution is -2.33. The molecule has 31 heavy (non-hydrogen) atoms. The van der Waals surface area contributed by atoms with Crippen molar-refractivity contribution in [3.8, 4) is 0 Å². The van der Waals surface area contributed by atoms with E-state index in [0.29, 0.717) is 29.8 Å². The Morgan fingerprint density at radius 1 is 1.03 bits per heavy atom. The fourth-order valence-corrected chi connectivity index (χ4v) is 3.48. The van der Waals surface area contributed by atoms with Gasteiger partial charge >= 0.3 is 6.09 Å². The summed E-state index contributed by atoms with van der Waals surface area (Å²) in [5, 5.41) is 2.74. The number of hydrogen-bond donors (Lipinski definition) is 1. The van der Waals surface area contributed by atoms with Crippen LogP contribution in [0.5, 0.6) is 0 Å². The number of hydrogen-bond acceptors (Lipinski definition) is 5. The number of amides is 3. The molecule has 0 saturated heterocycles. The number of imide groups is 1. The van der Waals surface area contributed by atoms with Gasteiger partial charge in [0.1, 0.15) is 11.2 Å². The first-order valence-electron chi connectivity index (χ1n) is 10.1. The first-order valence-corrected chi connectivity index (χ1v) is 10.1. The van der Waals surface area contributed by atoms with Crippen molar-refractivity contribution in [3.05, 3.63) is 71.2 Å². The van der Waals surface area contributed by atoms with Gasteiger partial charge in [-0.05, 0) is 51.0 Å². The minimum Gasteiger partial charge on any atom is -0.444 e. The Balaban J connectivity index is 1.41. The number of benzene rings is 1. The maximum absolute atomic E-state index is 12.6. The summed E-state index contributed by atoms with van der Waals surface area (Å²) >= 11 is 0. The van der Waals surface area contributed by atoms with Crippen LogP contribution in [0, 0.1) is 0 Å². The van der Waals surface area contributed by atoms with E-state index in [9.17, 15) is 14.4 Å². The molecular formula is C23H24N4O4. The number of carbonyl (C=O) groups excluding carboxylic acids is 3. The Morgan fingerprint density at radius 3 is 2.35 bits per heavy atom. The molecule has 1 aliphatic heterocycles. The molecule has 3 amide bonds. The summed E-state index contributed by atoms with van der Waals surface area (Å²) in [6.45, 7) is 6.01. The molecule has 160 valence electrons. The van der Waals surface area contributed by atoms with E-state index in [1.165, 1.54) is 4.90 Å². The summed E-state index contributed by atoms with van der Waals surface area (Å²) in [5.74, 6) is -0.599. The summed E-state index contributed by atoms with van der Waals surface area (Å²) in [6.07, 6.45) is 3.91. The van der Waals surface area contributed by atoms with Crippen molar-refractivity contribution in [2.24, 2.45) is 0 Å². The number of nitrogens with one attached hydrogen (secondary N) is 1. The van der Waals surface area contributed by atoms with Crippen LogP contribution < -0.4 is 5.32 Å². The fraction of sp³-hybridized carbons (Fsp3) is 0.304. The van der Waals surface area contributed by atoms with Crippen LogP contribution in [0.25, 0.3) is 5.65 Å². The Hall–Kier alpha value is -3.68. The van der Waals surface area contributed by atoms with E-state index >= 15 is 0 Å². The predicted molar refractivity (Wildman–Crippen MR) is 114 cm³/mol. The average Bonchev–Trinajstić information content (AvgIpc) is 3.21. The number of alkyl carbamates (subject to hydrolysis) is 1. The molecule has 0 radical (unpaired) electrons. The number of aromatic nitrogens is 2. The lowest BCUT2D eigenvalue weighted by Gasteiger charge is -2.19. The van der Waals surface area contributed by atoms with Gasteiger partial charge in [0, 0.05) is 18.9 Å². The average molecular weight is 420 g/mol. The van der Waals surface area contributed by atoms with Crippen molar-refractivity contribution in [1.29, 1.82) is 0 Å². The highest BCUT2D eigenvalue weighted by atomic mass is 16.6. The standard InChI is InChI=1S/C23H24N4O4/c1-23(2,3)31-22(30)24-11-10-15-8-9-19-25-16(13-26(19)12-15)14-27-20(28)17-6-4-5-7-18(17)21(27)29/h4-9,12-13H,10-11,14H2,1-3H3,(H,24,30). The second-order valence-corrected chi connectivity index (χ2v) is 8.46. The lowest BCUT2D eigenvalue weighted by atomic mass is 10.1. The minimum absolute atomic E-state index is 0.115. The van der Waals surface area contributed by atoms with Gasteiger partial charge in [-0.3, -0.25) is 14.5 Å². The van der Waals surface area contributed by atoms with E-state index in [4.69, 9.17) is 4.74 Å². The molecule has 0 aliphatic carbocycles. The van der Waals surface area contributed by atoms with Crippen molar-refractivity contribution in [1.82, 2.24) is 19.6 Å². The molecule has 0 unspecified atom stereocenters. The van der Waals surface area contributed by atoms with Crippen LogP contribution in [0.3, 0.4) is 0 Å². The van der Waals surface area contributed by atoms with E-state index in [1.54, 1.807) is 24.3 Å². The van der Waals surface area contributed by atoms with Gasteiger partial charge in [-0.25, -0.2) is 9.78 Å². The van der Waals surface area contributed by atoms with E-state index in [0.717, 1.165) is 11.2 Å². The number of imidazole rings is 1. The molecule has 4 rings (SSSR count). The Labute approximate surface area is 179 Å². The zero-order chi connectivity index (χ0) is 22.2.